The van der Waals surface area contributed by atoms with Gasteiger partial charge in [0.1, 0.15) is 0 Å². The Morgan fingerprint density at radius 1 is 1.27 bits per heavy atom. The Morgan fingerprint density at radius 3 is 2.55 bits per heavy atom. The van der Waals surface area contributed by atoms with Crippen LogP contribution < -0.4 is 10.2 Å². The fourth-order valence-corrected chi connectivity index (χ4v) is 2.97. The van der Waals surface area contributed by atoms with E-state index in [0.29, 0.717) is 24.7 Å². The number of carbonyl (C=O) groups is 3. The molecule has 0 aromatic heterocycles. The predicted octanol–water partition coefficient (Wildman–Crippen LogP) is 1.12. The molecule has 1 saturated carbocycles. The molecule has 2 fully saturated rings. The van der Waals surface area contributed by atoms with Crippen LogP contribution in [0.2, 0.25) is 0 Å². The van der Waals surface area contributed by atoms with E-state index in [4.69, 9.17) is 5.11 Å². The average Bonchev–Trinajstić information content (AvgIpc) is 3.32. The van der Waals surface area contributed by atoms with E-state index < -0.39 is 17.8 Å². The highest BCUT2D eigenvalue weighted by atomic mass is 16.4. The normalized spacial score (nSPS) is 19.7. The van der Waals surface area contributed by atoms with Crippen molar-refractivity contribution in [3.8, 4) is 0 Å². The van der Waals surface area contributed by atoms with Crippen molar-refractivity contribution in [3.05, 3.63) is 29.8 Å². The second-order valence-corrected chi connectivity index (χ2v) is 5.85. The number of hydrogen-bond donors (Lipinski definition) is 2. The highest BCUT2D eigenvalue weighted by molar-refractivity contribution is 6.41. The number of carbonyl (C=O) groups excluding carboxylic acids is 2. The Balaban J connectivity index is 1.78. The molecule has 0 radical (unpaired) electrons. The number of benzene rings is 1. The summed E-state index contributed by atoms with van der Waals surface area (Å²) in [6.45, 7) is 0.890. The van der Waals surface area contributed by atoms with Gasteiger partial charge in [0.05, 0.1) is 6.42 Å². The molecule has 6 nitrogen and oxygen atoms in total. The first kappa shape index (κ1) is 14.6. The fourth-order valence-electron chi connectivity index (χ4n) is 2.97. The lowest BCUT2D eigenvalue weighted by Gasteiger charge is -2.27. The van der Waals surface area contributed by atoms with Crippen molar-refractivity contribution in [2.24, 2.45) is 5.92 Å². The van der Waals surface area contributed by atoms with E-state index in [9.17, 15) is 14.4 Å². The zero-order chi connectivity index (χ0) is 15.7. The molecule has 1 unspecified atom stereocenters. The molecule has 1 heterocycles. The van der Waals surface area contributed by atoms with E-state index in [1.54, 1.807) is 12.1 Å². The maximum absolute atomic E-state index is 11.8. The van der Waals surface area contributed by atoms with Crippen molar-refractivity contribution < 1.29 is 19.5 Å². The van der Waals surface area contributed by atoms with E-state index in [0.717, 1.165) is 18.4 Å². The van der Waals surface area contributed by atoms with Crippen molar-refractivity contribution >= 4 is 23.5 Å². The van der Waals surface area contributed by atoms with E-state index in [1.807, 2.05) is 12.1 Å². The molecule has 2 amide bonds. The third-order valence-electron chi connectivity index (χ3n) is 4.28. The number of rotatable bonds is 5. The number of nitrogens with one attached hydrogen (secondary N) is 1. The van der Waals surface area contributed by atoms with Crippen LogP contribution in [0.15, 0.2) is 24.3 Å². The summed E-state index contributed by atoms with van der Waals surface area (Å²) in [6, 6.07) is 7.34. The topological polar surface area (TPSA) is 86.7 Å². The van der Waals surface area contributed by atoms with Crippen LogP contribution in [0, 0.1) is 5.92 Å². The van der Waals surface area contributed by atoms with Gasteiger partial charge in [0, 0.05) is 18.8 Å². The van der Waals surface area contributed by atoms with Gasteiger partial charge >= 0.3 is 17.8 Å². The molecule has 2 N–H and O–H groups in total. The van der Waals surface area contributed by atoms with Gasteiger partial charge in [-0.2, -0.15) is 0 Å². The molecular formula is C16H18N2O4. The number of anilines is 1. The maximum Gasteiger partial charge on any atom is 0.316 e. The van der Waals surface area contributed by atoms with Crippen molar-refractivity contribution in [1.29, 1.82) is 0 Å². The van der Waals surface area contributed by atoms with Gasteiger partial charge in [0.15, 0.2) is 0 Å². The number of hydrogen-bond acceptors (Lipinski definition) is 3. The summed E-state index contributed by atoms with van der Waals surface area (Å²) < 4.78 is 0. The van der Waals surface area contributed by atoms with Gasteiger partial charge in [-0.25, -0.2) is 0 Å². The first-order valence-electron chi connectivity index (χ1n) is 7.47. The third-order valence-corrected chi connectivity index (χ3v) is 4.28. The van der Waals surface area contributed by atoms with Gasteiger partial charge in [0.25, 0.3) is 0 Å². The molecule has 1 aromatic rings. The standard InChI is InChI=1S/C16H18N2O4/c19-14(20)9-13(10-1-2-10)11-3-5-12(6-4-11)18-8-7-17-15(21)16(18)22/h3-6,10,13H,1-2,7-9H2,(H,17,21)(H,19,20). The molecule has 1 aliphatic carbocycles. The Hall–Kier alpha value is -2.37. The van der Waals surface area contributed by atoms with Crippen molar-refractivity contribution in [2.75, 3.05) is 18.0 Å². The number of carboxylic acid groups (broad SMARTS) is 1. The minimum atomic E-state index is -0.788. The van der Waals surface area contributed by atoms with Gasteiger partial charge in [-0.05, 0) is 42.4 Å². The zero-order valence-electron chi connectivity index (χ0n) is 12.1. The molecule has 2 aliphatic rings. The van der Waals surface area contributed by atoms with E-state index >= 15 is 0 Å². The smallest absolute Gasteiger partial charge is 0.316 e. The van der Waals surface area contributed by atoms with Crippen molar-refractivity contribution in [1.82, 2.24) is 5.32 Å². The summed E-state index contributed by atoms with van der Waals surface area (Å²) in [7, 11) is 0. The molecule has 1 atom stereocenters. The van der Waals surface area contributed by atoms with Crippen LogP contribution in [-0.2, 0) is 14.4 Å². The Labute approximate surface area is 128 Å². The molecule has 0 spiro atoms. The van der Waals surface area contributed by atoms with Crippen LogP contribution in [0.25, 0.3) is 0 Å². The summed E-state index contributed by atoms with van der Waals surface area (Å²) in [4.78, 5) is 35.7. The minimum Gasteiger partial charge on any atom is -0.481 e. The molecule has 3 rings (SSSR count). The average molecular weight is 302 g/mol. The highest BCUT2D eigenvalue weighted by Gasteiger charge is 2.34. The number of amides is 2. The number of aliphatic carboxylic acids is 1. The molecule has 0 bridgehead atoms. The van der Waals surface area contributed by atoms with Gasteiger partial charge in [-0.1, -0.05) is 12.1 Å². The molecular weight excluding hydrogens is 284 g/mol. The second-order valence-electron chi connectivity index (χ2n) is 5.85. The Kier molecular flexibility index (Phi) is 3.83. The SMILES string of the molecule is O=C(O)CC(c1ccc(N2CCNC(=O)C2=O)cc1)C1CC1. The van der Waals surface area contributed by atoms with Gasteiger partial charge in [0.2, 0.25) is 0 Å². The summed E-state index contributed by atoms with van der Waals surface area (Å²) in [5.74, 6) is -1.44. The van der Waals surface area contributed by atoms with Crippen LogP contribution in [0.3, 0.4) is 0 Å². The quantitative estimate of drug-likeness (QED) is 0.798. The summed E-state index contributed by atoms with van der Waals surface area (Å²) >= 11 is 0. The fraction of sp³-hybridized carbons (Fsp3) is 0.438. The lowest BCUT2D eigenvalue weighted by molar-refractivity contribution is -0.138. The predicted molar refractivity (Wildman–Crippen MR) is 79.5 cm³/mol. The van der Waals surface area contributed by atoms with Crippen LogP contribution >= 0.6 is 0 Å². The lowest BCUT2D eigenvalue weighted by Crippen LogP contribution is -2.52. The molecule has 6 heteroatoms. The monoisotopic (exact) mass is 302 g/mol. The van der Waals surface area contributed by atoms with Gasteiger partial charge in [-0.3, -0.25) is 14.4 Å². The van der Waals surface area contributed by atoms with Crippen LogP contribution in [0.1, 0.15) is 30.7 Å². The zero-order valence-corrected chi connectivity index (χ0v) is 12.1. The van der Waals surface area contributed by atoms with E-state index in [1.165, 1.54) is 4.90 Å². The summed E-state index contributed by atoms with van der Waals surface area (Å²) in [6.07, 6.45) is 2.28. The Bertz CT molecular complexity index is 607. The van der Waals surface area contributed by atoms with Crippen LogP contribution in [-0.4, -0.2) is 36.0 Å². The molecule has 116 valence electrons. The minimum absolute atomic E-state index is 0.0342. The molecule has 1 saturated heterocycles. The maximum atomic E-state index is 11.8. The second kappa shape index (κ2) is 5.79. The largest absolute Gasteiger partial charge is 0.481 e. The lowest BCUT2D eigenvalue weighted by atomic mass is 9.91. The van der Waals surface area contributed by atoms with Crippen LogP contribution in [0.4, 0.5) is 5.69 Å². The Morgan fingerprint density at radius 2 is 1.95 bits per heavy atom. The van der Waals surface area contributed by atoms with Crippen molar-refractivity contribution in [3.63, 3.8) is 0 Å². The summed E-state index contributed by atoms with van der Waals surface area (Å²) in [5.41, 5.74) is 1.66. The summed E-state index contributed by atoms with van der Waals surface area (Å²) in [5, 5.41) is 11.6. The van der Waals surface area contributed by atoms with E-state index in [2.05, 4.69) is 5.32 Å². The number of carboxylic acids is 1. The first-order valence-corrected chi connectivity index (χ1v) is 7.47. The van der Waals surface area contributed by atoms with Crippen molar-refractivity contribution in [2.45, 2.75) is 25.2 Å². The van der Waals surface area contributed by atoms with Crippen LogP contribution in [0.5, 0.6) is 0 Å². The number of nitrogens with zero attached hydrogens (tertiary/aromatic N) is 1. The molecule has 22 heavy (non-hydrogen) atoms. The molecule has 1 aromatic carbocycles. The highest BCUT2D eigenvalue weighted by Crippen LogP contribution is 2.44. The van der Waals surface area contributed by atoms with Gasteiger partial charge < -0.3 is 15.3 Å². The van der Waals surface area contributed by atoms with E-state index in [-0.39, 0.29) is 12.3 Å². The molecule has 1 aliphatic heterocycles. The number of piperazine rings is 1. The third kappa shape index (κ3) is 2.95. The van der Waals surface area contributed by atoms with Gasteiger partial charge in [-0.15, -0.1) is 0 Å². The first-order chi connectivity index (χ1) is 10.6.